The lowest BCUT2D eigenvalue weighted by Gasteiger charge is -2.36. The second-order valence-electron chi connectivity index (χ2n) is 5.80. The first-order valence-corrected chi connectivity index (χ1v) is 7.57. The molecule has 106 valence electrons. The Balaban J connectivity index is 1.94. The Hall–Kier alpha value is -2.11. The molecule has 2 aromatic carbocycles. The van der Waals surface area contributed by atoms with E-state index in [4.69, 9.17) is 0 Å². The Labute approximate surface area is 126 Å². The standard InChI is InChI=1S/C19H20N2/c1-15(16-8-3-2-4-9-16)21-19(14-20)13-7-11-17-10-5-6-12-18(17)19/h2-6,8-10,12,15,21H,7,11,13H2,1H3/t15-,19+/m0/s1. The maximum Gasteiger partial charge on any atom is 0.133 e. The van der Waals surface area contributed by atoms with E-state index in [9.17, 15) is 5.26 Å². The summed E-state index contributed by atoms with van der Waals surface area (Å²) in [6.45, 7) is 2.13. The lowest BCUT2D eigenvalue weighted by atomic mass is 9.77. The predicted octanol–water partition coefficient (Wildman–Crippen LogP) is 4.09. The fourth-order valence-corrected chi connectivity index (χ4v) is 3.33. The number of nitrogens with zero attached hydrogens (tertiary/aromatic N) is 1. The second-order valence-corrected chi connectivity index (χ2v) is 5.80. The Morgan fingerprint density at radius 1 is 1.10 bits per heavy atom. The molecule has 0 radical (unpaired) electrons. The molecule has 0 aliphatic heterocycles. The van der Waals surface area contributed by atoms with Gasteiger partial charge >= 0.3 is 0 Å². The molecule has 0 aromatic heterocycles. The van der Waals surface area contributed by atoms with Crippen LogP contribution in [-0.2, 0) is 12.0 Å². The molecule has 1 N–H and O–H groups in total. The monoisotopic (exact) mass is 276 g/mol. The molecule has 21 heavy (non-hydrogen) atoms. The summed E-state index contributed by atoms with van der Waals surface area (Å²) >= 11 is 0. The highest BCUT2D eigenvalue weighted by Crippen LogP contribution is 2.36. The van der Waals surface area contributed by atoms with Crippen LogP contribution >= 0.6 is 0 Å². The quantitative estimate of drug-likeness (QED) is 0.916. The van der Waals surface area contributed by atoms with E-state index in [0.29, 0.717) is 0 Å². The molecule has 2 nitrogen and oxygen atoms in total. The zero-order valence-corrected chi connectivity index (χ0v) is 12.3. The molecule has 0 spiro atoms. The SMILES string of the molecule is C[C@H](N[C@@]1(C#N)CCCc2ccccc21)c1ccccc1. The molecular formula is C19H20N2. The highest BCUT2D eigenvalue weighted by Gasteiger charge is 2.37. The van der Waals surface area contributed by atoms with Crippen LogP contribution in [0.5, 0.6) is 0 Å². The van der Waals surface area contributed by atoms with Gasteiger partial charge in [-0.3, -0.25) is 5.32 Å². The number of nitrogens with one attached hydrogen (secondary N) is 1. The summed E-state index contributed by atoms with van der Waals surface area (Å²) in [5.74, 6) is 0. The minimum atomic E-state index is -0.565. The Morgan fingerprint density at radius 2 is 1.81 bits per heavy atom. The lowest BCUT2D eigenvalue weighted by Crippen LogP contribution is -2.45. The van der Waals surface area contributed by atoms with Gasteiger partial charge in [0, 0.05) is 6.04 Å². The van der Waals surface area contributed by atoms with Gasteiger partial charge in [0.15, 0.2) is 0 Å². The predicted molar refractivity (Wildman–Crippen MR) is 84.7 cm³/mol. The van der Waals surface area contributed by atoms with Gasteiger partial charge in [-0.25, -0.2) is 0 Å². The van der Waals surface area contributed by atoms with Gasteiger partial charge in [0.1, 0.15) is 5.54 Å². The van der Waals surface area contributed by atoms with E-state index in [2.05, 4.69) is 48.6 Å². The number of benzene rings is 2. The van der Waals surface area contributed by atoms with Crippen LogP contribution < -0.4 is 5.32 Å². The van der Waals surface area contributed by atoms with Gasteiger partial charge in [-0.1, -0.05) is 54.6 Å². The Kier molecular flexibility index (Phi) is 3.77. The van der Waals surface area contributed by atoms with Crippen LogP contribution in [0.1, 0.15) is 42.5 Å². The van der Waals surface area contributed by atoms with Crippen molar-refractivity contribution < 1.29 is 0 Å². The fourth-order valence-electron chi connectivity index (χ4n) is 3.33. The Morgan fingerprint density at radius 3 is 2.57 bits per heavy atom. The van der Waals surface area contributed by atoms with Crippen molar-refractivity contribution >= 4 is 0 Å². The van der Waals surface area contributed by atoms with Gasteiger partial charge in [0.2, 0.25) is 0 Å². The lowest BCUT2D eigenvalue weighted by molar-refractivity contribution is 0.331. The molecule has 2 atom stereocenters. The summed E-state index contributed by atoms with van der Waals surface area (Å²) in [5, 5.41) is 13.5. The van der Waals surface area contributed by atoms with E-state index in [-0.39, 0.29) is 6.04 Å². The van der Waals surface area contributed by atoms with Crippen molar-refractivity contribution in [3.63, 3.8) is 0 Å². The van der Waals surface area contributed by atoms with Gasteiger partial charge in [0.05, 0.1) is 6.07 Å². The molecule has 0 bridgehead atoms. The second kappa shape index (κ2) is 5.71. The molecule has 0 amide bonds. The molecule has 2 aromatic rings. The molecule has 0 unspecified atom stereocenters. The van der Waals surface area contributed by atoms with E-state index in [1.807, 2.05) is 24.3 Å². The summed E-state index contributed by atoms with van der Waals surface area (Å²) in [6.07, 6.45) is 3.00. The minimum Gasteiger partial charge on any atom is -0.289 e. The normalized spacial score (nSPS) is 22.1. The summed E-state index contributed by atoms with van der Waals surface area (Å²) in [5.41, 5.74) is 3.11. The first-order valence-electron chi connectivity index (χ1n) is 7.57. The molecule has 1 aliphatic rings. The molecule has 1 aliphatic carbocycles. The van der Waals surface area contributed by atoms with Crippen molar-refractivity contribution in [2.45, 2.75) is 37.8 Å². The number of nitriles is 1. The highest BCUT2D eigenvalue weighted by atomic mass is 15.0. The molecule has 0 heterocycles. The van der Waals surface area contributed by atoms with Gasteiger partial charge in [-0.2, -0.15) is 5.26 Å². The van der Waals surface area contributed by atoms with Crippen LogP contribution in [-0.4, -0.2) is 0 Å². The van der Waals surface area contributed by atoms with Gasteiger partial charge in [0.25, 0.3) is 0 Å². The van der Waals surface area contributed by atoms with Gasteiger partial charge in [-0.15, -0.1) is 0 Å². The van der Waals surface area contributed by atoms with E-state index in [0.717, 1.165) is 24.8 Å². The molecule has 0 fully saturated rings. The zero-order valence-electron chi connectivity index (χ0n) is 12.3. The third-order valence-corrected chi connectivity index (χ3v) is 4.43. The molecular weight excluding hydrogens is 256 g/mol. The summed E-state index contributed by atoms with van der Waals surface area (Å²) in [6, 6.07) is 21.4. The van der Waals surface area contributed by atoms with Crippen molar-refractivity contribution in [2.24, 2.45) is 0 Å². The van der Waals surface area contributed by atoms with Crippen LogP contribution in [0.15, 0.2) is 54.6 Å². The van der Waals surface area contributed by atoms with Crippen molar-refractivity contribution in [3.8, 4) is 6.07 Å². The number of aryl methyl sites for hydroxylation is 1. The zero-order chi connectivity index (χ0) is 14.7. The maximum absolute atomic E-state index is 9.87. The van der Waals surface area contributed by atoms with Crippen LogP contribution in [0.25, 0.3) is 0 Å². The topological polar surface area (TPSA) is 35.8 Å². The fraction of sp³-hybridized carbons (Fsp3) is 0.316. The van der Waals surface area contributed by atoms with Gasteiger partial charge in [-0.05, 0) is 42.9 Å². The third-order valence-electron chi connectivity index (χ3n) is 4.43. The first-order chi connectivity index (χ1) is 10.2. The maximum atomic E-state index is 9.87. The van der Waals surface area contributed by atoms with Gasteiger partial charge < -0.3 is 0 Å². The minimum absolute atomic E-state index is 0.150. The first kappa shape index (κ1) is 13.9. The summed E-state index contributed by atoms with van der Waals surface area (Å²) in [7, 11) is 0. The van der Waals surface area contributed by atoms with Crippen molar-refractivity contribution in [2.75, 3.05) is 0 Å². The highest BCUT2D eigenvalue weighted by molar-refractivity contribution is 5.41. The number of hydrogen-bond acceptors (Lipinski definition) is 2. The van der Waals surface area contributed by atoms with Crippen LogP contribution in [0.4, 0.5) is 0 Å². The van der Waals surface area contributed by atoms with Crippen molar-refractivity contribution in [1.29, 1.82) is 5.26 Å². The van der Waals surface area contributed by atoms with Crippen LogP contribution in [0.2, 0.25) is 0 Å². The number of fused-ring (bicyclic) bond motifs is 1. The number of hydrogen-bond donors (Lipinski definition) is 1. The molecule has 3 rings (SSSR count). The molecule has 2 heteroatoms. The number of rotatable bonds is 3. The molecule has 0 saturated carbocycles. The van der Waals surface area contributed by atoms with Crippen LogP contribution in [0, 0.1) is 11.3 Å². The van der Waals surface area contributed by atoms with E-state index in [1.165, 1.54) is 11.1 Å². The molecule has 0 saturated heterocycles. The van der Waals surface area contributed by atoms with Crippen molar-refractivity contribution in [1.82, 2.24) is 5.32 Å². The largest absolute Gasteiger partial charge is 0.289 e. The van der Waals surface area contributed by atoms with E-state index < -0.39 is 5.54 Å². The third kappa shape index (κ3) is 2.57. The van der Waals surface area contributed by atoms with Crippen molar-refractivity contribution in [3.05, 3.63) is 71.3 Å². The Bertz CT molecular complexity index is 657. The summed E-state index contributed by atoms with van der Waals surface area (Å²) < 4.78 is 0. The van der Waals surface area contributed by atoms with E-state index >= 15 is 0 Å². The average molecular weight is 276 g/mol. The summed E-state index contributed by atoms with van der Waals surface area (Å²) in [4.78, 5) is 0. The average Bonchev–Trinajstić information content (AvgIpc) is 2.56. The smallest absolute Gasteiger partial charge is 0.133 e. The van der Waals surface area contributed by atoms with E-state index in [1.54, 1.807) is 0 Å². The van der Waals surface area contributed by atoms with Crippen LogP contribution in [0.3, 0.4) is 0 Å².